The largest absolute Gasteiger partial charge is 0.378 e. The van der Waals surface area contributed by atoms with Crippen LogP contribution in [0.4, 0.5) is 20.3 Å². The zero-order valence-electron chi connectivity index (χ0n) is 15.7. The molecule has 2 aromatic rings. The van der Waals surface area contributed by atoms with Crippen LogP contribution in [0.15, 0.2) is 35.4 Å². The van der Waals surface area contributed by atoms with Crippen molar-refractivity contribution in [2.45, 2.75) is 4.90 Å². The standard InChI is InChI=1S/C18H21F2N5O3S/c19-14-1-2-16(20)17(11-14)29(26,27)25-5-3-23(4-6-25)15-12-18(22-21-13-15)24-7-9-28-10-8-24/h1-2,11-13H,3-10H2. The molecule has 3 heterocycles. The molecule has 0 aliphatic carbocycles. The predicted octanol–water partition coefficient (Wildman–Crippen LogP) is 1.10. The average molecular weight is 425 g/mol. The fraction of sp³-hybridized carbons (Fsp3) is 0.444. The van der Waals surface area contributed by atoms with E-state index in [4.69, 9.17) is 4.74 Å². The molecule has 2 saturated heterocycles. The van der Waals surface area contributed by atoms with Crippen LogP contribution in [0.3, 0.4) is 0 Å². The van der Waals surface area contributed by atoms with Gasteiger partial charge in [0, 0.05) is 45.3 Å². The summed E-state index contributed by atoms with van der Waals surface area (Å²) in [6.07, 6.45) is 1.64. The summed E-state index contributed by atoms with van der Waals surface area (Å²) in [6.45, 7) is 3.89. The van der Waals surface area contributed by atoms with Crippen molar-refractivity contribution in [3.8, 4) is 0 Å². The minimum Gasteiger partial charge on any atom is -0.378 e. The molecule has 0 unspecified atom stereocenters. The Labute approximate surface area is 167 Å². The number of rotatable bonds is 4. The molecule has 4 rings (SSSR count). The monoisotopic (exact) mass is 425 g/mol. The lowest BCUT2D eigenvalue weighted by Crippen LogP contribution is -2.49. The maximum atomic E-state index is 14.0. The van der Waals surface area contributed by atoms with Gasteiger partial charge in [-0.1, -0.05) is 0 Å². The molecule has 0 radical (unpaired) electrons. The predicted molar refractivity (Wildman–Crippen MR) is 102 cm³/mol. The number of sulfonamides is 1. The fourth-order valence-corrected chi connectivity index (χ4v) is 4.96. The molecule has 0 saturated carbocycles. The zero-order chi connectivity index (χ0) is 20.4. The fourth-order valence-electron chi connectivity index (χ4n) is 3.47. The Morgan fingerprint density at radius 3 is 2.38 bits per heavy atom. The van der Waals surface area contributed by atoms with Gasteiger partial charge in [-0.15, -0.1) is 5.10 Å². The van der Waals surface area contributed by atoms with Gasteiger partial charge in [0.15, 0.2) is 5.82 Å². The van der Waals surface area contributed by atoms with Gasteiger partial charge in [-0.3, -0.25) is 0 Å². The molecule has 0 bridgehead atoms. The number of piperazine rings is 1. The summed E-state index contributed by atoms with van der Waals surface area (Å²) in [5.74, 6) is -0.993. The minimum atomic E-state index is -4.10. The van der Waals surface area contributed by atoms with E-state index in [9.17, 15) is 17.2 Å². The maximum Gasteiger partial charge on any atom is 0.246 e. The number of hydrogen-bond acceptors (Lipinski definition) is 7. The summed E-state index contributed by atoms with van der Waals surface area (Å²) in [7, 11) is -4.10. The average Bonchev–Trinajstić information content (AvgIpc) is 2.76. The molecule has 2 aliphatic heterocycles. The van der Waals surface area contributed by atoms with Gasteiger partial charge >= 0.3 is 0 Å². The highest BCUT2D eigenvalue weighted by molar-refractivity contribution is 7.89. The van der Waals surface area contributed by atoms with Crippen molar-refractivity contribution in [2.24, 2.45) is 0 Å². The third-order valence-electron chi connectivity index (χ3n) is 5.08. The van der Waals surface area contributed by atoms with Crippen LogP contribution in [-0.2, 0) is 14.8 Å². The Hall–Kier alpha value is -2.37. The molecule has 2 aliphatic rings. The van der Waals surface area contributed by atoms with Crippen LogP contribution in [0.25, 0.3) is 0 Å². The van der Waals surface area contributed by atoms with Gasteiger partial charge in [0.25, 0.3) is 0 Å². The van der Waals surface area contributed by atoms with Crippen LogP contribution in [0.1, 0.15) is 0 Å². The Kier molecular flexibility index (Phi) is 5.61. The van der Waals surface area contributed by atoms with Crippen LogP contribution in [0.2, 0.25) is 0 Å². The first-order valence-corrected chi connectivity index (χ1v) is 10.7. The van der Waals surface area contributed by atoms with Gasteiger partial charge in [-0.2, -0.15) is 9.40 Å². The van der Waals surface area contributed by atoms with Gasteiger partial charge in [0.1, 0.15) is 16.5 Å². The van der Waals surface area contributed by atoms with Gasteiger partial charge in [0.2, 0.25) is 10.0 Å². The van der Waals surface area contributed by atoms with Crippen molar-refractivity contribution in [3.63, 3.8) is 0 Å². The van der Waals surface area contributed by atoms with Crippen LogP contribution in [-0.4, -0.2) is 75.4 Å². The lowest BCUT2D eigenvalue weighted by molar-refractivity contribution is 0.122. The van der Waals surface area contributed by atoms with Crippen LogP contribution in [0.5, 0.6) is 0 Å². The number of aromatic nitrogens is 2. The van der Waals surface area contributed by atoms with E-state index < -0.39 is 26.6 Å². The smallest absolute Gasteiger partial charge is 0.246 e. The van der Waals surface area contributed by atoms with Crippen molar-refractivity contribution < 1.29 is 21.9 Å². The van der Waals surface area contributed by atoms with E-state index in [0.717, 1.165) is 42.8 Å². The third-order valence-corrected chi connectivity index (χ3v) is 6.99. The summed E-state index contributed by atoms with van der Waals surface area (Å²) in [5.41, 5.74) is 0.843. The zero-order valence-corrected chi connectivity index (χ0v) is 16.5. The lowest BCUT2D eigenvalue weighted by Gasteiger charge is -2.35. The van der Waals surface area contributed by atoms with E-state index in [1.165, 1.54) is 4.31 Å². The van der Waals surface area contributed by atoms with Gasteiger partial charge in [0.05, 0.1) is 25.1 Å². The summed E-state index contributed by atoms with van der Waals surface area (Å²) < 4.78 is 59.4. The first kappa shape index (κ1) is 19.9. The maximum absolute atomic E-state index is 14.0. The Balaban J connectivity index is 1.46. The second-order valence-corrected chi connectivity index (χ2v) is 8.74. The number of hydrogen-bond donors (Lipinski definition) is 0. The normalized spacial score (nSPS) is 18.8. The number of halogens is 2. The Morgan fingerprint density at radius 1 is 0.931 bits per heavy atom. The Morgan fingerprint density at radius 2 is 1.66 bits per heavy atom. The van der Waals surface area contributed by atoms with E-state index in [1.807, 2.05) is 11.0 Å². The molecule has 156 valence electrons. The number of ether oxygens (including phenoxy) is 1. The molecule has 0 spiro atoms. The molecule has 1 aromatic heterocycles. The third kappa shape index (κ3) is 4.16. The summed E-state index contributed by atoms with van der Waals surface area (Å²) in [5, 5.41) is 8.25. The molecule has 0 N–H and O–H groups in total. The number of anilines is 2. The highest BCUT2D eigenvalue weighted by Crippen LogP contribution is 2.25. The summed E-state index contributed by atoms with van der Waals surface area (Å²) >= 11 is 0. The van der Waals surface area contributed by atoms with Crippen molar-refractivity contribution in [1.29, 1.82) is 0 Å². The topological polar surface area (TPSA) is 78.9 Å². The van der Waals surface area contributed by atoms with Crippen molar-refractivity contribution in [1.82, 2.24) is 14.5 Å². The lowest BCUT2D eigenvalue weighted by atomic mass is 10.3. The molecule has 8 nitrogen and oxygen atoms in total. The van der Waals surface area contributed by atoms with Crippen LogP contribution in [0, 0.1) is 11.6 Å². The molecule has 11 heteroatoms. The van der Waals surface area contributed by atoms with E-state index in [0.29, 0.717) is 26.3 Å². The van der Waals surface area contributed by atoms with E-state index >= 15 is 0 Å². The summed E-state index contributed by atoms with van der Waals surface area (Å²) in [4.78, 5) is 3.46. The number of morpholine rings is 1. The molecular weight excluding hydrogens is 404 g/mol. The molecule has 0 atom stereocenters. The second-order valence-electron chi connectivity index (χ2n) is 6.84. The Bertz CT molecular complexity index is 977. The van der Waals surface area contributed by atoms with Crippen molar-refractivity contribution in [2.75, 3.05) is 62.3 Å². The molecular formula is C18H21F2N5O3S. The number of benzene rings is 1. The van der Waals surface area contributed by atoms with Crippen molar-refractivity contribution in [3.05, 3.63) is 42.1 Å². The van der Waals surface area contributed by atoms with Gasteiger partial charge in [-0.25, -0.2) is 17.2 Å². The summed E-state index contributed by atoms with van der Waals surface area (Å²) in [6, 6.07) is 4.37. The highest BCUT2D eigenvalue weighted by Gasteiger charge is 2.31. The molecule has 1 aromatic carbocycles. The first-order valence-electron chi connectivity index (χ1n) is 9.31. The first-order chi connectivity index (χ1) is 13.9. The highest BCUT2D eigenvalue weighted by atomic mass is 32.2. The quantitative estimate of drug-likeness (QED) is 0.726. The van der Waals surface area contributed by atoms with Crippen LogP contribution >= 0.6 is 0 Å². The van der Waals surface area contributed by atoms with Crippen molar-refractivity contribution >= 4 is 21.5 Å². The molecule has 2 fully saturated rings. The number of nitrogens with zero attached hydrogens (tertiary/aromatic N) is 5. The van der Waals surface area contributed by atoms with E-state index in [2.05, 4.69) is 15.1 Å². The molecule has 29 heavy (non-hydrogen) atoms. The van der Waals surface area contributed by atoms with Crippen LogP contribution < -0.4 is 9.80 Å². The minimum absolute atomic E-state index is 0.160. The van der Waals surface area contributed by atoms with E-state index in [1.54, 1.807) is 6.20 Å². The van der Waals surface area contributed by atoms with Gasteiger partial charge in [-0.05, 0) is 18.2 Å². The second kappa shape index (κ2) is 8.17. The SMILES string of the molecule is O=S(=O)(c1cc(F)ccc1F)N1CCN(c2cnnc(N3CCOCC3)c2)CC1. The van der Waals surface area contributed by atoms with Gasteiger partial charge < -0.3 is 14.5 Å². The van der Waals surface area contributed by atoms with E-state index in [-0.39, 0.29) is 13.1 Å². The molecule has 0 amide bonds.